The summed E-state index contributed by atoms with van der Waals surface area (Å²) in [6.45, 7) is 6.36. The van der Waals surface area contributed by atoms with Gasteiger partial charge in [0.25, 0.3) is 0 Å². The normalized spacial score (nSPS) is 12.5. The van der Waals surface area contributed by atoms with Crippen LogP contribution in [0.5, 0.6) is 0 Å². The number of carbonyl (C=O) groups excluding carboxylic acids is 1. The van der Waals surface area contributed by atoms with Gasteiger partial charge < -0.3 is 14.6 Å². The number of methoxy groups -OCH3 is 1. The van der Waals surface area contributed by atoms with E-state index in [0.717, 1.165) is 0 Å². The van der Waals surface area contributed by atoms with Crippen LogP contribution >= 0.6 is 0 Å². The maximum Gasteiger partial charge on any atom is 0.508 e. The highest BCUT2D eigenvalue weighted by molar-refractivity contribution is 5.60. The van der Waals surface area contributed by atoms with Crippen molar-refractivity contribution in [2.75, 3.05) is 7.11 Å². The highest BCUT2D eigenvalue weighted by Gasteiger charge is 2.39. The molecule has 12 heavy (non-hydrogen) atoms. The van der Waals surface area contributed by atoms with Gasteiger partial charge in [-0.25, -0.2) is 4.79 Å². The smallest absolute Gasteiger partial charge is 0.438 e. The highest BCUT2D eigenvalue weighted by Crippen LogP contribution is 2.25. The maximum atomic E-state index is 10.7. The van der Waals surface area contributed by atoms with Crippen molar-refractivity contribution < 1.29 is 19.4 Å². The molecule has 0 bridgehead atoms. The summed E-state index contributed by atoms with van der Waals surface area (Å²) in [4.78, 5) is 10.7. The molecule has 0 aromatic carbocycles. The molecule has 0 aromatic rings. The molecule has 0 aliphatic heterocycles. The first-order valence-corrected chi connectivity index (χ1v) is 3.70. The van der Waals surface area contributed by atoms with Crippen molar-refractivity contribution in [3.8, 4) is 0 Å². The van der Waals surface area contributed by atoms with Crippen LogP contribution in [0.3, 0.4) is 0 Å². The van der Waals surface area contributed by atoms with Crippen LogP contribution in [0.2, 0.25) is 0 Å². The fraction of sp³-hybridized carbons (Fsp3) is 0.875. The molecule has 4 heteroatoms. The second-order valence-corrected chi connectivity index (χ2v) is 3.63. The number of hydrogen-bond acceptors (Lipinski definition) is 4. The molecular weight excluding hydrogens is 160 g/mol. The van der Waals surface area contributed by atoms with Gasteiger partial charge >= 0.3 is 6.16 Å². The molecule has 0 saturated carbocycles. The zero-order valence-corrected chi connectivity index (χ0v) is 8.17. The molecule has 0 heterocycles. The minimum Gasteiger partial charge on any atom is -0.438 e. The Balaban J connectivity index is 4.33. The third-order valence-electron chi connectivity index (χ3n) is 1.98. The first-order chi connectivity index (χ1) is 5.20. The standard InChI is InChI=1S/C8H16O4/c1-7(2,10)8(3,4)12-6(9)11-5/h10H,1-5H3. The van der Waals surface area contributed by atoms with Gasteiger partial charge in [-0.3, -0.25) is 0 Å². The van der Waals surface area contributed by atoms with E-state index in [0.29, 0.717) is 0 Å². The Hall–Kier alpha value is -0.770. The number of rotatable bonds is 2. The molecule has 0 radical (unpaired) electrons. The molecule has 0 aliphatic carbocycles. The zero-order chi connectivity index (χ0) is 9.99. The Morgan fingerprint density at radius 2 is 1.67 bits per heavy atom. The van der Waals surface area contributed by atoms with Gasteiger partial charge in [0.05, 0.1) is 12.7 Å². The van der Waals surface area contributed by atoms with E-state index in [1.165, 1.54) is 7.11 Å². The van der Waals surface area contributed by atoms with Crippen LogP contribution in [-0.2, 0) is 9.47 Å². The lowest BCUT2D eigenvalue weighted by Gasteiger charge is -2.35. The molecule has 0 aliphatic rings. The Bertz CT molecular complexity index is 166. The Kier molecular flexibility index (Phi) is 3.10. The summed E-state index contributed by atoms with van der Waals surface area (Å²) in [5.41, 5.74) is -2.05. The number of hydrogen-bond donors (Lipinski definition) is 1. The number of ether oxygens (including phenoxy) is 2. The van der Waals surface area contributed by atoms with Crippen LogP contribution in [0, 0.1) is 0 Å². The molecule has 4 nitrogen and oxygen atoms in total. The van der Waals surface area contributed by atoms with Gasteiger partial charge in [0.2, 0.25) is 0 Å². The largest absolute Gasteiger partial charge is 0.508 e. The van der Waals surface area contributed by atoms with E-state index in [2.05, 4.69) is 4.74 Å². The molecule has 0 atom stereocenters. The second-order valence-electron chi connectivity index (χ2n) is 3.63. The molecule has 0 unspecified atom stereocenters. The van der Waals surface area contributed by atoms with Crippen LogP contribution in [0.25, 0.3) is 0 Å². The van der Waals surface area contributed by atoms with E-state index in [4.69, 9.17) is 4.74 Å². The van der Waals surface area contributed by atoms with Crippen molar-refractivity contribution in [2.45, 2.75) is 38.9 Å². The van der Waals surface area contributed by atoms with Crippen molar-refractivity contribution in [3.05, 3.63) is 0 Å². The average Bonchev–Trinajstić information content (AvgIpc) is 1.84. The summed E-state index contributed by atoms with van der Waals surface area (Å²) in [5.74, 6) is 0. The maximum absolute atomic E-state index is 10.7. The zero-order valence-electron chi connectivity index (χ0n) is 8.17. The van der Waals surface area contributed by atoms with Crippen molar-refractivity contribution in [1.82, 2.24) is 0 Å². The molecule has 0 aromatic heterocycles. The average molecular weight is 176 g/mol. The summed E-state index contributed by atoms with van der Waals surface area (Å²) >= 11 is 0. The molecule has 0 spiro atoms. The highest BCUT2D eigenvalue weighted by atomic mass is 16.7. The van der Waals surface area contributed by atoms with Crippen LogP contribution in [0.1, 0.15) is 27.7 Å². The summed E-state index contributed by atoms with van der Waals surface area (Å²) in [5, 5.41) is 9.56. The minimum absolute atomic E-state index is 0.790. The van der Waals surface area contributed by atoms with E-state index in [1.807, 2.05) is 0 Å². The monoisotopic (exact) mass is 176 g/mol. The fourth-order valence-electron chi connectivity index (χ4n) is 0.375. The Morgan fingerprint density at radius 1 is 1.25 bits per heavy atom. The molecule has 1 N–H and O–H groups in total. The van der Waals surface area contributed by atoms with E-state index in [1.54, 1.807) is 27.7 Å². The molecule has 0 fully saturated rings. The van der Waals surface area contributed by atoms with Gasteiger partial charge in [-0.1, -0.05) is 0 Å². The summed E-state index contributed by atoms with van der Waals surface area (Å²) < 4.78 is 9.15. The van der Waals surface area contributed by atoms with E-state index >= 15 is 0 Å². The molecule has 0 rings (SSSR count). The Labute approximate surface area is 72.5 Å². The third-order valence-corrected chi connectivity index (χ3v) is 1.98. The number of carbonyl (C=O) groups is 1. The van der Waals surface area contributed by atoms with Crippen molar-refractivity contribution in [1.29, 1.82) is 0 Å². The SMILES string of the molecule is COC(=O)OC(C)(C)C(C)(C)O. The lowest BCUT2D eigenvalue weighted by molar-refractivity contribution is -0.125. The van der Waals surface area contributed by atoms with Gasteiger partial charge in [-0.2, -0.15) is 0 Å². The lowest BCUT2D eigenvalue weighted by Crippen LogP contribution is -2.48. The van der Waals surface area contributed by atoms with E-state index in [-0.39, 0.29) is 0 Å². The van der Waals surface area contributed by atoms with Gasteiger partial charge in [-0.05, 0) is 27.7 Å². The minimum atomic E-state index is -1.10. The first-order valence-electron chi connectivity index (χ1n) is 3.70. The van der Waals surface area contributed by atoms with Crippen LogP contribution < -0.4 is 0 Å². The van der Waals surface area contributed by atoms with Crippen LogP contribution in [-0.4, -0.2) is 29.6 Å². The van der Waals surface area contributed by atoms with E-state index < -0.39 is 17.4 Å². The van der Waals surface area contributed by atoms with Crippen molar-refractivity contribution in [3.63, 3.8) is 0 Å². The Morgan fingerprint density at radius 3 is 1.92 bits per heavy atom. The first kappa shape index (κ1) is 11.2. The van der Waals surface area contributed by atoms with Crippen molar-refractivity contribution in [2.24, 2.45) is 0 Å². The summed E-state index contributed by atoms with van der Waals surface area (Å²) in [6.07, 6.45) is -0.790. The predicted molar refractivity (Wildman–Crippen MR) is 43.9 cm³/mol. The summed E-state index contributed by atoms with van der Waals surface area (Å²) in [7, 11) is 1.22. The summed E-state index contributed by atoms with van der Waals surface area (Å²) in [6, 6.07) is 0. The van der Waals surface area contributed by atoms with Gasteiger partial charge in [0, 0.05) is 0 Å². The van der Waals surface area contributed by atoms with Crippen LogP contribution in [0.4, 0.5) is 4.79 Å². The molecule has 0 amide bonds. The number of aliphatic hydroxyl groups is 1. The third kappa shape index (κ3) is 2.70. The topological polar surface area (TPSA) is 55.8 Å². The molecule has 72 valence electrons. The van der Waals surface area contributed by atoms with E-state index in [9.17, 15) is 9.90 Å². The van der Waals surface area contributed by atoms with Gasteiger partial charge in [-0.15, -0.1) is 0 Å². The van der Waals surface area contributed by atoms with Crippen molar-refractivity contribution >= 4 is 6.16 Å². The molecule has 0 saturated heterocycles. The van der Waals surface area contributed by atoms with Gasteiger partial charge in [0.15, 0.2) is 0 Å². The predicted octanol–water partition coefficient (Wildman–Crippen LogP) is 1.32. The lowest BCUT2D eigenvalue weighted by atomic mass is 9.90. The second kappa shape index (κ2) is 3.31. The molecular formula is C8H16O4. The quantitative estimate of drug-likeness (QED) is 0.645. The van der Waals surface area contributed by atoms with Crippen LogP contribution in [0.15, 0.2) is 0 Å². The van der Waals surface area contributed by atoms with Gasteiger partial charge in [0.1, 0.15) is 5.60 Å². The fourth-order valence-corrected chi connectivity index (χ4v) is 0.375.